The number of carbonyl (C=O) groups is 2. The number of hydrogen-bond acceptors (Lipinski definition) is 5. The van der Waals surface area contributed by atoms with Gasteiger partial charge in [-0.05, 0) is 42.3 Å². The van der Waals surface area contributed by atoms with E-state index < -0.39 is 28.6 Å². The van der Waals surface area contributed by atoms with Crippen LogP contribution < -0.4 is 15.0 Å². The van der Waals surface area contributed by atoms with Crippen molar-refractivity contribution in [2.24, 2.45) is 0 Å². The Morgan fingerprint density at radius 1 is 0.854 bits per heavy atom. The van der Waals surface area contributed by atoms with Crippen LogP contribution in [0.4, 0.5) is 5.69 Å². The van der Waals surface area contributed by atoms with Gasteiger partial charge in [0, 0.05) is 13.1 Å². The summed E-state index contributed by atoms with van der Waals surface area (Å²) in [5.41, 5.74) is 3.09. The van der Waals surface area contributed by atoms with E-state index in [1.54, 1.807) is 48.5 Å². The Kier molecular flexibility index (Phi) is 8.47. The molecule has 0 unspecified atom stereocenters. The van der Waals surface area contributed by atoms with Gasteiger partial charge in [-0.2, -0.15) is 4.31 Å². The number of nitrogens with one attached hydrogen (secondary N) is 1. The second-order valence-electron chi connectivity index (χ2n) is 9.85. The van der Waals surface area contributed by atoms with E-state index >= 15 is 0 Å². The second-order valence-corrected chi connectivity index (χ2v) is 11.8. The SMILES string of the molecule is Cc1ccc(S(=O)(=O)N(CC(=O)N2C[C@H](C(=O)NCc3ccccc3)Oc3ccccc32)Cc2ccccc2)cc1. The third kappa shape index (κ3) is 6.65. The molecule has 0 saturated carbocycles. The Labute approximate surface area is 240 Å². The highest BCUT2D eigenvalue weighted by molar-refractivity contribution is 7.89. The number of carbonyl (C=O) groups excluding carboxylic acids is 2. The van der Waals surface area contributed by atoms with E-state index in [-0.39, 0.29) is 23.9 Å². The molecular formula is C32H31N3O5S. The number of nitrogens with zero attached hydrogens (tertiary/aromatic N) is 2. The fourth-order valence-electron chi connectivity index (χ4n) is 4.61. The number of aryl methyl sites for hydroxylation is 1. The first-order chi connectivity index (χ1) is 19.8. The van der Waals surface area contributed by atoms with Gasteiger partial charge in [-0.15, -0.1) is 0 Å². The topological polar surface area (TPSA) is 96.0 Å². The highest BCUT2D eigenvalue weighted by Gasteiger charge is 2.36. The van der Waals surface area contributed by atoms with Crippen molar-refractivity contribution >= 4 is 27.5 Å². The minimum Gasteiger partial charge on any atom is -0.477 e. The molecule has 1 N–H and O–H groups in total. The maximum Gasteiger partial charge on any atom is 0.263 e. The van der Waals surface area contributed by atoms with Crippen LogP contribution in [0.5, 0.6) is 5.75 Å². The van der Waals surface area contributed by atoms with Crippen molar-refractivity contribution in [1.29, 1.82) is 0 Å². The van der Waals surface area contributed by atoms with Gasteiger partial charge in [-0.25, -0.2) is 8.42 Å². The summed E-state index contributed by atoms with van der Waals surface area (Å²) in [5, 5.41) is 2.87. The fourth-order valence-corrected chi connectivity index (χ4v) is 5.99. The van der Waals surface area contributed by atoms with Crippen molar-refractivity contribution in [2.45, 2.75) is 31.0 Å². The van der Waals surface area contributed by atoms with E-state index in [1.807, 2.05) is 67.6 Å². The summed E-state index contributed by atoms with van der Waals surface area (Å²) in [5.74, 6) is -0.453. The Balaban J connectivity index is 1.40. The number of para-hydroxylation sites is 2. The summed E-state index contributed by atoms with van der Waals surface area (Å²) >= 11 is 0. The Morgan fingerprint density at radius 2 is 1.46 bits per heavy atom. The molecule has 41 heavy (non-hydrogen) atoms. The van der Waals surface area contributed by atoms with E-state index in [0.29, 0.717) is 18.0 Å². The molecule has 1 heterocycles. The van der Waals surface area contributed by atoms with E-state index in [4.69, 9.17) is 4.74 Å². The molecule has 0 fully saturated rings. The predicted molar refractivity (Wildman–Crippen MR) is 157 cm³/mol. The lowest BCUT2D eigenvalue weighted by atomic mass is 10.1. The standard InChI is InChI=1S/C32H31N3O5S/c1-24-16-18-27(19-17-24)41(38,39)34(21-26-12-6-3-7-13-26)23-31(36)35-22-30(40-29-15-9-8-14-28(29)35)32(37)33-20-25-10-4-2-5-11-25/h2-19,30H,20-23H2,1H3,(H,33,37)/t30-/m1/s1. The van der Waals surface area contributed by atoms with Crippen LogP contribution in [0.3, 0.4) is 0 Å². The van der Waals surface area contributed by atoms with Crippen molar-refractivity contribution in [2.75, 3.05) is 18.0 Å². The van der Waals surface area contributed by atoms with Gasteiger partial charge < -0.3 is 15.0 Å². The van der Waals surface area contributed by atoms with Gasteiger partial charge in [0.25, 0.3) is 5.91 Å². The molecule has 2 amide bonds. The lowest BCUT2D eigenvalue weighted by Gasteiger charge is -2.35. The summed E-state index contributed by atoms with van der Waals surface area (Å²) in [6, 6.07) is 32.1. The molecule has 1 aliphatic heterocycles. The predicted octanol–water partition coefficient (Wildman–Crippen LogP) is 4.30. The molecule has 0 bridgehead atoms. The highest BCUT2D eigenvalue weighted by Crippen LogP contribution is 2.33. The van der Waals surface area contributed by atoms with Crippen molar-refractivity contribution in [3.05, 3.63) is 126 Å². The van der Waals surface area contributed by atoms with Crippen LogP contribution in [-0.4, -0.2) is 43.7 Å². The van der Waals surface area contributed by atoms with Crippen LogP contribution in [0.25, 0.3) is 0 Å². The summed E-state index contributed by atoms with van der Waals surface area (Å²) in [6.45, 7) is 1.73. The van der Waals surface area contributed by atoms with Crippen molar-refractivity contribution < 1.29 is 22.7 Å². The zero-order chi connectivity index (χ0) is 28.8. The molecule has 0 spiro atoms. The first-order valence-corrected chi connectivity index (χ1v) is 14.7. The lowest BCUT2D eigenvalue weighted by molar-refractivity contribution is -0.128. The number of rotatable bonds is 9. The number of benzene rings is 4. The Hall–Kier alpha value is -4.47. The molecule has 0 aromatic heterocycles. The maximum atomic E-state index is 13.9. The van der Waals surface area contributed by atoms with E-state index in [2.05, 4.69) is 5.32 Å². The van der Waals surface area contributed by atoms with Crippen LogP contribution in [0.2, 0.25) is 0 Å². The van der Waals surface area contributed by atoms with E-state index in [1.165, 1.54) is 9.21 Å². The molecule has 1 atom stereocenters. The van der Waals surface area contributed by atoms with Gasteiger partial charge in [0.2, 0.25) is 15.9 Å². The van der Waals surface area contributed by atoms with Gasteiger partial charge in [0.05, 0.1) is 23.7 Å². The summed E-state index contributed by atoms with van der Waals surface area (Å²) in [4.78, 5) is 28.5. The van der Waals surface area contributed by atoms with Crippen LogP contribution in [-0.2, 0) is 32.7 Å². The van der Waals surface area contributed by atoms with Crippen LogP contribution in [0, 0.1) is 6.92 Å². The fraction of sp³-hybridized carbons (Fsp3) is 0.188. The highest BCUT2D eigenvalue weighted by atomic mass is 32.2. The van der Waals surface area contributed by atoms with E-state index in [0.717, 1.165) is 16.7 Å². The van der Waals surface area contributed by atoms with Gasteiger partial charge >= 0.3 is 0 Å². The summed E-state index contributed by atoms with van der Waals surface area (Å²) < 4.78 is 34.7. The Bertz CT molecular complexity index is 1610. The van der Waals surface area contributed by atoms with E-state index in [9.17, 15) is 18.0 Å². The number of sulfonamides is 1. The molecule has 1 aliphatic rings. The number of anilines is 1. The molecule has 0 saturated heterocycles. The Morgan fingerprint density at radius 3 is 2.15 bits per heavy atom. The van der Waals surface area contributed by atoms with Gasteiger partial charge in [0.15, 0.2) is 6.10 Å². The maximum absolute atomic E-state index is 13.9. The molecule has 9 heteroatoms. The third-order valence-electron chi connectivity index (χ3n) is 6.85. The third-order valence-corrected chi connectivity index (χ3v) is 8.65. The zero-order valence-corrected chi connectivity index (χ0v) is 23.5. The smallest absolute Gasteiger partial charge is 0.263 e. The average molecular weight is 570 g/mol. The molecule has 4 aromatic carbocycles. The minimum absolute atomic E-state index is 0.00969. The lowest BCUT2D eigenvalue weighted by Crippen LogP contribution is -2.52. The van der Waals surface area contributed by atoms with Crippen molar-refractivity contribution in [3.63, 3.8) is 0 Å². The van der Waals surface area contributed by atoms with Crippen LogP contribution >= 0.6 is 0 Å². The van der Waals surface area contributed by atoms with Crippen molar-refractivity contribution in [3.8, 4) is 5.75 Å². The van der Waals surface area contributed by atoms with Gasteiger partial charge in [0.1, 0.15) is 5.75 Å². The van der Waals surface area contributed by atoms with Crippen LogP contribution in [0.15, 0.2) is 114 Å². The number of amides is 2. The zero-order valence-electron chi connectivity index (χ0n) is 22.6. The normalized spacial score (nSPS) is 14.7. The largest absolute Gasteiger partial charge is 0.477 e. The first-order valence-electron chi connectivity index (χ1n) is 13.3. The molecule has 5 rings (SSSR count). The quantitative estimate of drug-likeness (QED) is 0.324. The summed E-state index contributed by atoms with van der Waals surface area (Å²) in [6.07, 6.45) is -0.964. The average Bonchev–Trinajstić information content (AvgIpc) is 3.00. The molecule has 4 aromatic rings. The number of ether oxygens (including phenoxy) is 1. The molecule has 0 radical (unpaired) electrons. The van der Waals surface area contributed by atoms with Crippen LogP contribution in [0.1, 0.15) is 16.7 Å². The summed E-state index contributed by atoms with van der Waals surface area (Å²) in [7, 11) is -4.02. The number of hydrogen-bond donors (Lipinski definition) is 1. The monoisotopic (exact) mass is 569 g/mol. The van der Waals surface area contributed by atoms with Crippen molar-refractivity contribution in [1.82, 2.24) is 9.62 Å². The number of fused-ring (bicyclic) bond motifs is 1. The van der Waals surface area contributed by atoms with Gasteiger partial charge in [-0.3, -0.25) is 9.59 Å². The minimum atomic E-state index is -4.02. The molecule has 0 aliphatic carbocycles. The first kappa shape index (κ1) is 28.1. The molecular weight excluding hydrogens is 538 g/mol. The molecule has 210 valence electrons. The molecule has 8 nitrogen and oxygen atoms in total. The van der Waals surface area contributed by atoms with Gasteiger partial charge in [-0.1, -0.05) is 90.5 Å². The second kappa shape index (κ2) is 12.4.